The second-order valence-corrected chi connectivity index (χ2v) is 6.01. The maximum absolute atomic E-state index is 5.54. The van der Waals surface area contributed by atoms with E-state index in [1.165, 1.54) is 5.56 Å². The maximum atomic E-state index is 5.54. The van der Waals surface area contributed by atoms with Crippen molar-refractivity contribution in [2.45, 2.75) is 13.1 Å². The summed E-state index contributed by atoms with van der Waals surface area (Å²) in [5, 5.41) is 3.18. The number of morpholine rings is 1. The average Bonchev–Trinajstić information content (AvgIpc) is 3.14. The molecular formula is C18H26N4O2. The van der Waals surface area contributed by atoms with Crippen LogP contribution in [0.2, 0.25) is 0 Å². The van der Waals surface area contributed by atoms with E-state index >= 15 is 0 Å². The second kappa shape index (κ2) is 8.82. The zero-order valence-corrected chi connectivity index (χ0v) is 14.3. The molecule has 0 aliphatic carbocycles. The van der Waals surface area contributed by atoms with Crippen LogP contribution in [0.1, 0.15) is 11.3 Å². The van der Waals surface area contributed by atoms with Gasteiger partial charge in [0.2, 0.25) is 0 Å². The first-order chi connectivity index (χ1) is 11.8. The van der Waals surface area contributed by atoms with Crippen molar-refractivity contribution in [1.82, 2.24) is 14.8 Å². The Labute approximate surface area is 143 Å². The predicted octanol–water partition coefficient (Wildman–Crippen LogP) is 2.05. The van der Waals surface area contributed by atoms with Gasteiger partial charge < -0.3 is 14.5 Å². The van der Waals surface area contributed by atoms with Gasteiger partial charge in [-0.25, -0.2) is 4.98 Å². The van der Waals surface area contributed by atoms with Crippen LogP contribution in [-0.4, -0.2) is 61.2 Å². The van der Waals surface area contributed by atoms with Crippen molar-refractivity contribution in [2.24, 2.45) is 0 Å². The molecule has 2 aromatic heterocycles. The van der Waals surface area contributed by atoms with Gasteiger partial charge in [-0.3, -0.25) is 9.80 Å². The first-order valence-electron chi connectivity index (χ1n) is 8.51. The Kier molecular flexibility index (Phi) is 6.23. The SMILES string of the molecule is CNc1ncccc1CN(CCN1CCOCC1)Cc1ccco1. The summed E-state index contributed by atoms with van der Waals surface area (Å²) in [6, 6.07) is 8.09. The summed E-state index contributed by atoms with van der Waals surface area (Å²) in [6.45, 7) is 7.38. The average molecular weight is 330 g/mol. The molecular weight excluding hydrogens is 304 g/mol. The van der Waals surface area contributed by atoms with Crippen molar-refractivity contribution in [3.05, 3.63) is 48.0 Å². The van der Waals surface area contributed by atoms with Gasteiger partial charge in [-0.05, 0) is 18.2 Å². The van der Waals surface area contributed by atoms with Crippen molar-refractivity contribution < 1.29 is 9.15 Å². The smallest absolute Gasteiger partial charge is 0.130 e. The third-order valence-electron chi connectivity index (χ3n) is 4.32. The van der Waals surface area contributed by atoms with Crippen LogP contribution in [-0.2, 0) is 17.8 Å². The van der Waals surface area contributed by atoms with Crippen LogP contribution in [0, 0.1) is 0 Å². The summed E-state index contributed by atoms with van der Waals surface area (Å²) in [7, 11) is 1.91. The van der Waals surface area contributed by atoms with E-state index in [9.17, 15) is 0 Å². The predicted molar refractivity (Wildman–Crippen MR) is 93.9 cm³/mol. The third-order valence-corrected chi connectivity index (χ3v) is 4.32. The summed E-state index contributed by atoms with van der Waals surface area (Å²) in [4.78, 5) is 9.28. The van der Waals surface area contributed by atoms with Gasteiger partial charge in [-0.2, -0.15) is 0 Å². The highest BCUT2D eigenvalue weighted by atomic mass is 16.5. The number of aromatic nitrogens is 1. The Bertz CT molecular complexity index is 597. The van der Waals surface area contributed by atoms with Crippen molar-refractivity contribution in [3.8, 4) is 0 Å². The fourth-order valence-electron chi connectivity index (χ4n) is 2.98. The molecule has 0 saturated carbocycles. The number of pyridine rings is 1. The summed E-state index contributed by atoms with van der Waals surface area (Å²) in [5.74, 6) is 1.93. The monoisotopic (exact) mass is 330 g/mol. The lowest BCUT2D eigenvalue weighted by molar-refractivity contribution is 0.0321. The summed E-state index contributed by atoms with van der Waals surface area (Å²) in [6.07, 6.45) is 3.55. The molecule has 0 spiro atoms. The van der Waals surface area contributed by atoms with Gasteiger partial charge in [0.1, 0.15) is 11.6 Å². The lowest BCUT2D eigenvalue weighted by Gasteiger charge is -2.30. The molecule has 1 aliphatic heterocycles. The van der Waals surface area contributed by atoms with Crippen LogP contribution in [0.25, 0.3) is 0 Å². The molecule has 3 heterocycles. The van der Waals surface area contributed by atoms with Gasteiger partial charge in [0.25, 0.3) is 0 Å². The maximum Gasteiger partial charge on any atom is 0.130 e. The van der Waals surface area contributed by atoms with Crippen molar-refractivity contribution in [2.75, 3.05) is 51.8 Å². The molecule has 0 radical (unpaired) electrons. The summed E-state index contributed by atoms with van der Waals surface area (Å²) >= 11 is 0. The Morgan fingerprint density at radius 3 is 2.83 bits per heavy atom. The van der Waals surface area contributed by atoms with Crippen molar-refractivity contribution in [1.29, 1.82) is 0 Å². The van der Waals surface area contributed by atoms with Gasteiger partial charge in [0.15, 0.2) is 0 Å². The van der Waals surface area contributed by atoms with Crippen LogP contribution in [0.5, 0.6) is 0 Å². The number of anilines is 1. The third kappa shape index (κ3) is 4.80. The zero-order valence-electron chi connectivity index (χ0n) is 14.3. The topological polar surface area (TPSA) is 53.8 Å². The first kappa shape index (κ1) is 17.0. The fraction of sp³-hybridized carbons (Fsp3) is 0.500. The van der Waals surface area contributed by atoms with Gasteiger partial charge in [0, 0.05) is 51.5 Å². The highest BCUT2D eigenvalue weighted by molar-refractivity contribution is 5.42. The molecule has 3 rings (SSSR count). The van der Waals surface area contributed by atoms with Crippen LogP contribution in [0.3, 0.4) is 0 Å². The van der Waals surface area contributed by atoms with Crippen LogP contribution in [0.4, 0.5) is 5.82 Å². The van der Waals surface area contributed by atoms with Gasteiger partial charge in [0.05, 0.1) is 26.0 Å². The Hall–Kier alpha value is -1.89. The molecule has 0 bridgehead atoms. The molecule has 1 fully saturated rings. The van der Waals surface area contributed by atoms with Gasteiger partial charge in [-0.1, -0.05) is 6.07 Å². The molecule has 0 atom stereocenters. The minimum Gasteiger partial charge on any atom is -0.468 e. The lowest BCUT2D eigenvalue weighted by atomic mass is 10.2. The highest BCUT2D eigenvalue weighted by Gasteiger charge is 2.15. The zero-order chi connectivity index (χ0) is 16.6. The lowest BCUT2D eigenvalue weighted by Crippen LogP contribution is -2.41. The minimum absolute atomic E-state index is 0.801. The van der Waals surface area contributed by atoms with Crippen LogP contribution in [0.15, 0.2) is 41.1 Å². The van der Waals surface area contributed by atoms with E-state index in [0.29, 0.717) is 0 Å². The fourth-order valence-corrected chi connectivity index (χ4v) is 2.98. The molecule has 0 amide bonds. The molecule has 6 heteroatoms. The Morgan fingerprint density at radius 1 is 1.21 bits per heavy atom. The second-order valence-electron chi connectivity index (χ2n) is 6.01. The van der Waals surface area contributed by atoms with E-state index in [0.717, 1.165) is 64.1 Å². The highest BCUT2D eigenvalue weighted by Crippen LogP contribution is 2.16. The molecule has 1 N–H and O–H groups in total. The molecule has 1 saturated heterocycles. The van der Waals surface area contributed by atoms with Crippen LogP contribution >= 0.6 is 0 Å². The molecule has 1 aliphatic rings. The van der Waals surface area contributed by atoms with Crippen molar-refractivity contribution >= 4 is 5.82 Å². The summed E-state index contributed by atoms with van der Waals surface area (Å²) < 4.78 is 11.0. The molecule has 0 unspecified atom stereocenters. The molecule has 6 nitrogen and oxygen atoms in total. The van der Waals surface area contributed by atoms with Crippen LogP contribution < -0.4 is 5.32 Å². The normalized spacial score (nSPS) is 15.8. The molecule has 2 aromatic rings. The number of furan rings is 1. The number of nitrogens with one attached hydrogen (secondary N) is 1. The van der Waals surface area contributed by atoms with Gasteiger partial charge in [-0.15, -0.1) is 0 Å². The van der Waals surface area contributed by atoms with Crippen molar-refractivity contribution in [3.63, 3.8) is 0 Å². The summed E-state index contributed by atoms with van der Waals surface area (Å²) in [5.41, 5.74) is 1.20. The van der Waals surface area contributed by atoms with E-state index in [1.54, 1.807) is 6.26 Å². The quantitative estimate of drug-likeness (QED) is 0.799. The number of nitrogens with zero attached hydrogens (tertiary/aromatic N) is 3. The number of hydrogen-bond donors (Lipinski definition) is 1. The van der Waals surface area contributed by atoms with E-state index in [4.69, 9.17) is 9.15 Å². The molecule has 130 valence electrons. The van der Waals surface area contributed by atoms with E-state index < -0.39 is 0 Å². The standard InChI is InChI=1S/C18H26N4O2/c1-19-18-16(4-2-6-20-18)14-22(15-17-5-3-11-24-17)8-7-21-9-12-23-13-10-21/h2-6,11H,7-10,12-15H2,1H3,(H,19,20). The first-order valence-corrected chi connectivity index (χ1v) is 8.51. The van der Waals surface area contributed by atoms with Gasteiger partial charge >= 0.3 is 0 Å². The minimum atomic E-state index is 0.801. The van der Waals surface area contributed by atoms with E-state index in [2.05, 4.69) is 26.2 Å². The number of hydrogen-bond acceptors (Lipinski definition) is 6. The van der Waals surface area contributed by atoms with E-state index in [-0.39, 0.29) is 0 Å². The number of ether oxygens (including phenoxy) is 1. The van der Waals surface area contributed by atoms with E-state index in [1.807, 2.05) is 31.4 Å². The number of rotatable bonds is 8. The largest absolute Gasteiger partial charge is 0.468 e. The molecule has 0 aromatic carbocycles. The Morgan fingerprint density at radius 2 is 2.08 bits per heavy atom. The molecule has 24 heavy (non-hydrogen) atoms. The Balaban J connectivity index is 1.64.